The highest BCUT2D eigenvalue weighted by Gasteiger charge is 2.24. The van der Waals surface area contributed by atoms with E-state index < -0.39 is 0 Å². The average Bonchev–Trinajstić information content (AvgIpc) is 2.57. The molecule has 2 saturated heterocycles. The minimum Gasteiger partial charge on any atom is -0.375 e. The van der Waals surface area contributed by atoms with Gasteiger partial charge in [-0.2, -0.15) is 11.8 Å². The van der Waals surface area contributed by atoms with Crippen molar-refractivity contribution >= 4 is 17.7 Å². The lowest BCUT2D eigenvalue weighted by molar-refractivity contribution is -0.126. The molecular weight excluding hydrogens is 308 g/mol. The predicted molar refractivity (Wildman–Crippen MR) is 94.6 cm³/mol. The van der Waals surface area contributed by atoms with E-state index in [0.717, 1.165) is 44.0 Å². The van der Waals surface area contributed by atoms with Crippen molar-refractivity contribution in [2.45, 2.75) is 38.0 Å². The number of nitrogens with zero attached hydrogens (tertiary/aromatic N) is 1. The zero-order valence-electron chi connectivity index (χ0n) is 13.6. The van der Waals surface area contributed by atoms with Crippen LogP contribution in [0.1, 0.15) is 24.8 Å². The molecule has 0 spiro atoms. The number of ether oxygens (including phenoxy) is 1. The third-order valence-corrected chi connectivity index (χ3v) is 5.52. The summed E-state index contributed by atoms with van der Waals surface area (Å²) >= 11 is 1.98. The van der Waals surface area contributed by atoms with Crippen molar-refractivity contribution in [3.05, 3.63) is 35.9 Å². The molecule has 2 aliphatic rings. The Morgan fingerprint density at radius 2 is 2.04 bits per heavy atom. The molecule has 1 amide bonds. The molecular formula is C18H26N2O2S. The van der Waals surface area contributed by atoms with Crippen LogP contribution in [0.2, 0.25) is 0 Å². The Morgan fingerprint density at radius 3 is 2.83 bits per heavy atom. The minimum absolute atomic E-state index is 0.0189. The number of carbonyl (C=O) groups excluding carboxylic acids is 1. The minimum atomic E-state index is 0.0189. The van der Waals surface area contributed by atoms with Crippen molar-refractivity contribution in [1.82, 2.24) is 10.2 Å². The van der Waals surface area contributed by atoms with E-state index >= 15 is 0 Å². The van der Waals surface area contributed by atoms with Gasteiger partial charge in [-0.1, -0.05) is 30.3 Å². The maximum atomic E-state index is 12.2. The number of nitrogens with one attached hydrogen (secondary N) is 1. The lowest BCUT2D eigenvalue weighted by Crippen LogP contribution is -2.45. The summed E-state index contributed by atoms with van der Waals surface area (Å²) in [6, 6.07) is 10.9. The standard InChI is InChI=1S/C18H26N2O2S/c21-18(19-16-6-10-23-11-7-16)12-17-14-20(8-9-22-17)13-15-4-2-1-3-5-15/h1-5,16-17H,6-14H2,(H,19,21)/t17-/m0/s1. The fraction of sp³-hybridized carbons (Fsp3) is 0.611. The molecule has 0 aliphatic carbocycles. The molecule has 0 bridgehead atoms. The second kappa shape index (κ2) is 8.71. The smallest absolute Gasteiger partial charge is 0.222 e. The second-order valence-corrected chi connectivity index (χ2v) is 7.60. The van der Waals surface area contributed by atoms with Gasteiger partial charge in [-0.05, 0) is 29.9 Å². The van der Waals surface area contributed by atoms with Crippen LogP contribution < -0.4 is 5.32 Å². The van der Waals surface area contributed by atoms with E-state index in [1.807, 2.05) is 17.8 Å². The van der Waals surface area contributed by atoms with Crippen molar-refractivity contribution in [3.63, 3.8) is 0 Å². The Kier molecular flexibility index (Phi) is 6.37. The van der Waals surface area contributed by atoms with E-state index in [2.05, 4.69) is 34.5 Å². The van der Waals surface area contributed by atoms with Crippen LogP contribution >= 0.6 is 11.8 Å². The van der Waals surface area contributed by atoms with E-state index in [1.165, 1.54) is 5.56 Å². The van der Waals surface area contributed by atoms with Crippen molar-refractivity contribution < 1.29 is 9.53 Å². The van der Waals surface area contributed by atoms with Crippen molar-refractivity contribution in [2.75, 3.05) is 31.2 Å². The number of thioether (sulfide) groups is 1. The predicted octanol–water partition coefficient (Wildman–Crippen LogP) is 2.29. The van der Waals surface area contributed by atoms with Gasteiger partial charge in [0.15, 0.2) is 0 Å². The molecule has 1 atom stereocenters. The van der Waals surface area contributed by atoms with E-state index in [9.17, 15) is 4.79 Å². The SMILES string of the molecule is O=C(C[C@H]1CN(Cc2ccccc2)CCO1)NC1CCSCC1. The number of hydrogen-bond donors (Lipinski definition) is 1. The molecule has 0 saturated carbocycles. The lowest BCUT2D eigenvalue weighted by Gasteiger charge is -2.33. The van der Waals surface area contributed by atoms with Gasteiger partial charge in [0.05, 0.1) is 19.1 Å². The summed E-state index contributed by atoms with van der Waals surface area (Å²) in [6.45, 7) is 3.42. The monoisotopic (exact) mass is 334 g/mol. The Hall–Kier alpha value is -1.04. The fourth-order valence-corrected chi connectivity index (χ4v) is 4.33. The van der Waals surface area contributed by atoms with E-state index in [4.69, 9.17) is 4.74 Å². The van der Waals surface area contributed by atoms with Crippen LogP contribution in [-0.4, -0.2) is 54.2 Å². The van der Waals surface area contributed by atoms with Gasteiger partial charge >= 0.3 is 0 Å². The van der Waals surface area contributed by atoms with E-state index in [1.54, 1.807) is 0 Å². The Morgan fingerprint density at radius 1 is 1.26 bits per heavy atom. The Labute approximate surface area is 143 Å². The van der Waals surface area contributed by atoms with Crippen LogP contribution in [0, 0.1) is 0 Å². The van der Waals surface area contributed by atoms with E-state index in [0.29, 0.717) is 19.1 Å². The molecule has 1 aromatic rings. The van der Waals surface area contributed by atoms with Gasteiger partial charge < -0.3 is 10.1 Å². The van der Waals surface area contributed by atoms with Gasteiger partial charge in [-0.25, -0.2) is 0 Å². The van der Waals surface area contributed by atoms with Gasteiger partial charge in [0.1, 0.15) is 0 Å². The highest BCUT2D eigenvalue weighted by Crippen LogP contribution is 2.18. The molecule has 1 aromatic carbocycles. The molecule has 4 nitrogen and oxygen atoms in total. The molecule has 2 aliphatic heterocycles. The first kappa shape index (κ1) is 16.8. The Bertz CT molecular complexity index is 491. The topological polar surface area (TPSA) is 41.6 Å². The van der Waals surface area contributed by atoms with Crippen LogP contribution in [0.25, 0.3) is 0 Å². The zero-order chi connectivity index (χ0) is 15.9. The third kappa shape index (κ3) is 5.52. The van der Waals surface area contributed by atoms with Crippen molar-refractivity contribution in [1.29, 1.82) is 0 Å². The lowest BCUT2D eigenvalue weighted by atomic mass is 10.1. The summed E-state index contributed by atoms with van der Waals surface area (Å²) in [5.74, 6) is 2.47. The summed E-state index contributed by atoms with van der Waals surface area (Å²) < 4.78 is 5.80. The molecule has 0 unspecified atom stereocenters. The van der Waals surface area contributed by atoms with Crippen molar-refractivity contribution in [2.24, 2.45) is 0 Å². The number of rotatable bonds is 5. The van der Waals surface area contributed by atoms with Gasteiger partial charge in [0.2, 0.25) is 5.91 Å². The Balaban J connectivity index is 1.43. The second-order valence-electron chi connectivity index (χ2n) is 6.37. The van der Waals surface area contributed by atoms with Crippen LogP contribution in [0.4, 0.5) is 0 Å². The maximum absolute atomic E-state index is 12.2. The number of hydrogen-bond acceptors (Lipinski definition) is 4. The van der Waals surface area contributed by atoms with Crippen molar-refractivity contribution in [3.8, 4) is 0 Å². The van der Waals surface area contributed by atoms with Gasteiger partial charge in [-0.3, -0.25) is 9.69 Å². The van der Waals surface area contributed by atoms with Gasteiger partial charge in [-0.15, -0.1) is 0 Å². The first-order valence-corrected chi connectivity index (χ1v) is 9.70. The van der Waals surface area contributed by atoms with Crippen LogP contribution in [0.5, 0.6) is 0 Å². The summed E-state index contributed by atoms with van der Waals surface area (Å²) in [7, 11) is 0. The molecule has 2 fully saturated rings. The summed E-state index contributed by atoms with van der Waals surface area (Å²) in [6.07, 6.45) is 2.70. The molecule has 3 rings (SSSR count). The molecule has 5 heteroatoms. The highest BCUT2D eigenvalue weighted by atomic mass is 32.2. The summed E-state index contributed by atoms with van der Waals surface area (Å²) in [5.41, 5.74) is 1.32. The number of carbonyl (C=O) groups is 1. The van der Waals surface area contributed by atoms with E-state index in [-0.39, 0.29) is 12.0 Å². The van der Waals surface area contributed by atoms with Crippen LogP contribution in [0.15, 0.2) is 30.3 Å². The quantitative estimate of drug-likeness (QED) is 0.897. The largest absolute Gasteiger partial charge is 0.375 e. The third-order valence-electron chi connectivity index (χ3n) is 4.47. The van der Waals surface area contributed by atoms with Gasteiger partial charge in [0.25, 0.3) is 0 Å². The number of amides is 1. The first-order valence-electron chi connectivity index (χ1n) is 8.54. The fourth-order valence-electron chi connectivity index (χ4n) is 3.22. The molecule has 23 heavy (non-hydrogen) atoms. The highest BCUT2D eigenvalue weighted by molar-refractivity contribution is 7.99. The summed E-state index contributed by atoms with van der Waals surface area (Å²) in [4.78, 5) is 14.6. The molecule has 0 radical (unpaired) electrons. The molecule has 2 heterocycles. The number of benzene rings is 1. The summed E-state index contributed by atoms with van der Waals surface area (Å²) in [5, 5.41) is 3.18. The van der Waals surface area contributed by atoms with Crippen LogP contribution in [-0.2, 0) is 16.1 Å². The molecule has 126 valence electrons. The zero-order valence-corrected chi connectivity index (χ0v) is 14.4. The average molecular weight is 334 g/mol. The molecule has 0 aromatic heterocycles. The maximum Gasteiger partial charge on any atom is 0.222 e. The van der Waals surface area contributed by atoms with Gasteiger partial charge in [0, 0.05) is 25.7 Å². The number of morpholine rings is 1. The molecule has 1 N–H and O–H groups in total. The normalized spacial score (nSPS) is 23.6. The first-order chi connectivity index (χ1) is 11.3. The van der Waals surface area contributed by atoms with Crippen LogP contribution in [0.3, 0.4) is 0 Å².